The van der Waals surface area contributed by atoms with Crippen LogP contribution in [0.4, 0.5) is 0 Å². The lowest BCUT2D eigenvalue weighted by atomic mass is 10.1. The van der Waals surface area contributed by atoms with Crippen molar-refractivity contribution in [3.05, 3.63) is 59.7 Å². The number of amides is 1. The quantitative estimate of drug-likeness (QED) is 0.744. The topological polar surface area (TPSA) is 98.5 Å². The van der Waals surface area contributed by atoms with Gasteiger partial charge in [0.2, 0.25) is 10.0 Å². The maximum Gasteiger partial charge on any atom is 0.255 e. The fraction of sp³-hybridized carbons (Fsp3) is 0.235. The lowest BCUT2D eigenvalue weighted by molar-refractivity contribution is 0.0950. The summed E-state index contributed by atoms with van der Waals surface area (Å²) in [5, 5.41) is 7.90. The lowest BCUT2D eigenvalue weighted by Crippen LogP contribution is -2.25. The summed E-state index contributed by atoms with van der Waals surface area (Å²) in [7, 11) is -2.14. The van der Waals surface area contributed by atoms with Crippen LogP contribution in [0.15, 0.2) is 53.4 Å². The Bertz CT molecular complexity index is 802. The second kappa shape index (κ2) is 7.94. The number of benzene rings is 2. The average Bonchev–Trinajstić information content (AvgIpc) is 2.58. The van der Waals surface area contributed by atoms with Gasteiger partial charge in [0.1, 0.15) is 5.75 Å². The Kier molecular flexibility index (Phi) is 5.94. The second-order valence-electron chi connectivity index (χ2n) is 5.25. The van der Waals surface area contributed by atoms with Crippen LogP contribution in [0.25, 0.3) is 0 Å². The van der Waals surface area contributed by atoms with Crippen molar-refractivity contribution in [2.75, 3.05) is 13.7 Å². The third-order valence-electron chi connectivity index (χ3n) is 3.53. The molecule has 3 N–H and O–H groups in total. The first-order valence-corrected chi connectivity index (χ1v) is 8.99. The van der Waals surface area contributed by atoms with Crippen LogP contribution in [0, 0.1) is 0 Å². The van der Waals surface area contributed by atoms with Crippen LogP contribution in [0.2, 0.25) is 0 Å². The van der Waals surface area contributed by atoms with Crippen LogP contribution in [-0.4, -0.2) is 28.0 Å². The van der Waals surface area contributed by atoms with E-state index in [4.69, 9.17) is 9.88 Å². The van der Waals surface area contributed by atoms with Crippen LogP contribution in [0.5, 0.6) is 5.75 Å². The molecule has 7 heteroatoms. The molecule has 128 valence electrons. The average molecular weight is 348 g/mol. The number of ether oxygens (including phenoxy) is 1. The van der Waals surface area contributed by atoms with Gasteiger partial charge in [0.15, 0.2) is 0 Å². The van der Waals surface area contributed by atoms with Gasteiger partial charge in [-0.05, 0) is 42.7 Å². The van der Waals surface area contributed by atoms with Gasteiger partial charge < -0.3 is 10.1 Å². The molecule has 0 heterocycles. The minimum atomic E-state index is -3.66. The Morgan fingerprint density at radius 2 is 1.79 bits per heavy atom. The summed E-state index contributed by atoms with van der Waals surface area (Å²) < 4.78 is 27.5. The summed E-state index contributed by atoms with van der Waals surface area (Å²) in [5.74, 6) is 0.352. The lowest BCUT2D eigenvalue weighted by Gasteiger charge is -2.09. The highest BCUT2D eigenvalue weighted by Gasteiger charge is 2.10. The SMILES string of the molecule is COc1ccccc1C(=O)NCCCc1ccc(S(N)(=O)=O)cc1. The van der Waals surface area contributed by atoms with E-state index in [9.17, 15) is 13.2 Å². The van der Waals surface area contributed by atoms with Gasteiger partial charge in [-0.15, -0.1) is 0 Å². The first-order chi connectivity index (χ1) is 11.4. The van der Waals surface area contributed by atoms with Gasteiger partial charge >= 0.3 is 0 Å². The first-order valence-electron chi connectivity index (χ1n) is 7.45. The van der Waals surface area contributed by atoms with Gasteiger partial charge in [-0.25, -0.2) is 13.6 Å². The summed E-state index contributed by atoms with van der Waals surface area (Å²) in [6.07, 6.45) is 1.45. The van der Waals surface area contributed by atoms with Crippen molar-refractivity contribution in [1.82, 2.24) is 5.32 Å². The molecule has 0 aliphatic carbocycles. The van der Waals surface area contributed by atoms with E-state index in [0.29, 0.717) is 17.9 Å². The van der Waals surface area contributed by atoms with E-state index in [-0.39, 0.29) is 10.8 Å². The molecule has 2 aromatic carbocycles. The number of hydrogen-bond acceptors (Lipinski definition) is 4. The number of methoxy groups -OCH3 is 1. The van der Waals surface area contributed by atoms with Crippen molar-refractivity contribution in [3.63, 3.8) is 0 Å². The van der Waals surface area contributed by atoms with Gasteiger partial charge in [0.05, 0.1) is 17.6 Å². The molecule has 2 rings (SSSR count). The molecule has 0 saturated heterocycles. The van der Waals surface area contributed by atoms with Crippen LogP contribution in [-0.2, 0) is 16.4 Å². The van der Waals surface area contributed by atoms with E-state index >= 15 is 0 Å². The van der Waals surface area contributed by atoms with Crippen molar-refractivity contribution in [2.24, 2.45) is 5.14 Å². The molecule has 6 nitrogen and oxygen atoms in total. The smallest absolute Gasteiger partial charge is 0.255 e. The minimum Gasteiger partial charge on any atom is -0.496 e. The molecule has 1 amide bonds. The molecule has 0 radical (unpaired) electrons. The van der Waals surface area contributed by atoms with Gasteiger partial charge in [0, 0.05) is 6.54 Å². The van der Waals surface area contributed by atoms with Crippen LogP contribution in [0.3, 0.4) is 0 Å². The minimum absolute atomic E-state index is 0.0933. The Labute approximate surface area is 141 Å². The molecule has 24 heavy (non-hydrogen) atoms. The van der Waals surface area contributed by atoms with Gasteiger partial charge in [-0.1, -0.05) is 24.3 Å². The normalized spacial score (nSPS) is 11.1. The maximum atomic E-state index is 12.1. The molecule has 0 spiro atoms. The number of nitrogens with two attached hydrogens (primary N) is 1. The van der Waals surface area contributed by atoms with E-state index in [1.54, 1.807) is 36.4 Å². The number of rotatable bonds is 7. The van der Waals surface area contributed by atoms with Crippen LogP contribution >= 0.6 is 0 Å². The van der Waals surface area contributed by atoms with Crippen molar-refractivity contribution >= 4 is 15.9 Å². The zero-order valence-electron chi connectivity index (χ0n) is 13.4. The summed E-state index contributed by atoms with van der Waals surface area (Å²) in [4.78, 5) is 12.2. The summed E-state index contributed by atoms with van der Waals surface area (Å²) >= 11 is 0. The highest BCUT2D eigenvalue weighted by molar-refractivity contribution is 7.89. The molecule has 0 fully saturated rings. The second-order valence-corrected chi connectivity index (χ2v) is 6.81. The molecule has 2 aromatic rings. The van der Waals surface area contributed by atoms with Gasteiger partial charge in [-0.3, -0.25) is 4.79 Å². The number of sulfonamides is 1. The molecule has 0 atom stereocenters. The zero-order valence-corrected chi connectivity index (χ0v) is 14.2. The molecule has 0 unspecified atom stereocenters. The zero-order chi connectivity index (χ0) is 17.6. The summed E-state index contributed by atoms with van der Waals surface area (Å²) in [6.45, 7) is 0.508. The van der Waals surface area contributed by atoms with E-state index in [2.05, 4.69) is 5.32 Å². The number of hydrogen-bond donors (Lipinski definition) is 2. The first kappa shape index (κ1) is 18.0. The van der Waals surface area contributed by atoms with E-state index in [0.717, 1.165) is 18.4 Å². The van der Waals surface area contributed by atoms with E-state index in [1.807, 2.05) is 0 Å². The summed E-state index contributed by atoms with van der Waals surface area (Å²) in [6, 6.07) is 13.5. The third kappa shape index (κ3) is 4.81. The Morgan fingerprint density at radius 3 is 2.42 bits per heavy atom. The maximum absolute atomic E-state index is 12.1. The van der Waals surface area contributed by atoms with Gasteiger partial charge in [0.25, 0.3) is 5.91 Å². The highest BCUT2D eigenvalue weighted by Crippen LogP contribution is 2.16. The van der Waals surface area contributed by atoms with Crippen molar-refractivity contribution in [1.29, 1.82) is 0 Å². The third-order valence-corrected chi connectivity index (χ3v) is 4.46. The predicted octanol–water partition coefficient (Wildman–Crippen LogP) is 1.71. The number of aryl methyl sites for hydroxylation is 1. The van der Waals surface area contributed by atoms with E-state index in [1.165, 1.54) is 19.2 Å². The number of nitrogens with one attached hydrogen (secondary N) is 1. The fourth-order valence-electron chi connectivity index (χ4n) is 2.27. The standard InChI is InChI=1S/C17H20N2O4S/c1-23-16-7-3-2-6-15(16)17(20)19-12-4-5-13-8-10-14(11-9-13)24(18,21)22/h2-3,6-11H,4-5,12H2,1H3,(H,19,20)(H2,18,21,22). The molecular formula is C17H20N2O4S. The number of primary sulfonamides is 1. The molecular weight excluding hydrogens is 328 g/mol. The molecule has 0 bridgehead atoms. The number of carbonyl (C=O) groups excluding carboxylic acids is 1. The van der Waals surface area contributed by atoms with E-state index < -0.39 is 10.0 Å². The van der Waals surface area contributed by atoms with Crippen molar-refractivity contribution in [2.45, 2.75) is 17.7 Å². The molecule has 0 aliphatic rings. The fourth-order valence-corrected chi connectivity index (χ4v) is 2.78. The van der Waals surface area contributed by atoms with Crippen LogP contribution < -0.4 is 15.2 Å². The Morgan fingerprint density at radius 1 is 1.12 bits per heavy atom. The Balaban J connectivity index is 1.83. The highest BCUT2D eigenvalue weighted by atomic mass is 32.2. The number of carbonyl (C=O) groups is 1. The number of para-hydroxylation sites is 1. The largest absolute Gasteiger partial charge is 0.496 e. The van der Waals surface area contributed by atoms with Crippen molar-refractivity contribution < 1.29 is 17.9 Å². The Hall–Kier alpha value is -2.38. The van der Waals surface area contributed by atoms with Gasteiger partial charge in [-0.2, -0.15) is 0 Å². The molecule has 0 saturated carbocycles. The van der Waals surface area contributed by atoms with Crippen molar-refractivity contribution in [3.8, 4) is 5.75 Å². The molecule has 0 aliphatic heterocycles. The van der Waals surface area contributed by atoms with Crippen LogP contribution in [0.1, 0.15) is 22.3 Å². The predicted molar refractivity (Wildman–Crippen MR) is 91.5 cm³/mol. The summed E-state index contributed by atoms with van der Waals surface area (Å²) in [5.41, 5.74) is 1.48. The monoisotopic (exact) mass is 348 g/mol. The molecule has 0 aromatic heterocycles.